The molecule has 4 nitrogen and oxygen atoms in total. The summed E-state index contributed by atoms with van der Waals surface area (Å²) in [6.45, 7) is 5.56. The van der Waals surface area contributed by atoms with E-state index >= 15 is 0 Å². The molecule has 2 atom stereocenters. The molecule has 0 bridgehead atoms. The topological polar surface area (TPSA) is 61.4 Å². The molecule has 17 heavy (non-hydrogen) atoms. The fourth-order valence-corrected chi connectivity index (χ4v) is 2.13. The van der Waals surface area contributed by atoms with Crippen LogP contribution in [-0.2, 0) is 4.79 Å². The van der Waals surface area contributed by atoms with Gasteiger partial charge in [-0.1, -0.05) is 26.7 Å². The average molecular weight is 242 g/mol. The van der Waals surface area contributed by atoms with Crippen molar-refractivity contribution in [3.05, 3.63) is 0 Å². The van der Waals surface area contributed by atoms with Crippen LogP contribution in [0.25, 0.3) is 0 Å². The maximum atomic E-state index is 11.5. The summed E-state index contributed by atoms with van der Waals surface area (Å²) in [6, 6.07) is 0.182. The van der Waals surface area contributed by atoms with Gasteiger partial charge in [0.25, 0.3) is 0 Å². The van der Waals surface area contributed by atoms with Crippen molar-refractivity contribution in [2.24, 2.45) is 5.92 Å². The highest BCUT2D eigenvalue weighted by Gasteiger charge is 2.22. The molecule has 0 radical (unpaired) electrons. The molecule has 0 aliphatic heterocycles. The van der Waals surface area contributed by atoms with Gasteiger partial charge in [0.05, 0.1) is 6.10 Å². The van der Waals surface area contributed by atoms with E-state index < -0.39 is 0 Å². The number of carbonyl (C=O) groups is 1. The van der Waals surface area contributed by atoms with E-state index in [-0.39, 0.29) is 18.1 Å². The zero-order chi connectivity index (χ0) is 12.7. The Labute approximate surface area is 104 Å². The van der Waals surface area contributed by atoms with E-state index in [9.17, 15) is 9.90 Å². The van der Waals surface area contributed by atoms with Crippen LogP contribution in [0.5, 0.6) is 0 Å². The molecule has 1 fully saturated rings. The highest BCUT2D eigenvalue weighted by Crippen LogP contribution is 2.18. The summed E-state index contributed by atoms with van der Waals surface area (Å²) in [5, 5.41) is 15.9. The highest BCUT2D eigenvalue weighted by atomic mass is 16.3. The largest absolute Gasteiger partial charge is 0.392 e. The first-order valence-electron chi connectivity index (χ1n) is 6.77. The highest BCUT2D eigenvalue weighted by molar-refractivity contribution is 5.76. The summed E-state index contributed by atoms with van der Waals surface area (Å²) in [7, 11) is 0. The minimum atomic E-state index is -0.234. The number of aliphatic hydroxyl groups is 1. The molecule has 1 amide bonds. The monoisotopic (exact) mass is 242 g/mol. The third kappa shape index (κ3) is 6.03. The summed E-state index contributed by atoms with van der Waals surface area (Å²) in [5.74, 6) is 0.587. The van der Waals surface area contributed by atoms with E-state index in [2.05, 4.69) is 24.5 Å². The van der Waals surface area contributed by atoms with Crippen LogP contribution < -0.4 is 10.6 Å². The summed E-state index contributed by atoms with van der Waals surface area (Å²) in [6.07, 6.45) is 4.47. The molecule has 0 aromatic heterocycles. The molecule has 0 heterocycles. The zero-order valence-electron chi connectivity index (χ0n) is 11.0. The third-order valence-corrected chi connectivity index (χ3v) is 3.20. The number of nitrogens with one attached hydrogen (secondary N) is 2. The van der Waals surface area contributed by atoms with Crippen molar-refractivity contribution in [2.45, 2.75) is 58.1 Å². The molecule has 0 aromatic carbocycles. The maximum absolute atomic E-state index is 11.5. The fourth-order valence-electron chi connectivity index (χ4n) is 2.13. The quantitative estimate of drug-likeness (QED) is 0.652. The van der Waals surface area contributed by atoms with Gasteiger partial charge >= 0.3 is 0 Å². The van der Waals surface area contributed by atoms with Crippen molar-refractivity contribution < 1.29 is 9.90 Å². The predicted octanol–water partition coefficient (Wildman–Crippen LogP) is 1.04. The number of carbonyl (C=O) groups excluding carboxylic acids is 1. The summed E-state index contributed by atoms with van der Waals surface area (Å²) >= 11 is 0. The molecule has 0 spiro atoms. The minimum absolute atomic E-state index is 0.0940. The van der Waals surface area contributed by atoms with Crippen molar-refractivity contribution >= 4 is 5.91 Å². The lowest BCUT2D eigenvalue weighted by atomic mass is 9.92. The SMILES string of the molecule is CC(C)CNC(=O)CCN[C@H]1CCCC[C@@H]1O. The molecular weight excluding hydrogens is 216 g/mol. The van der Waals surface area contributed by atoms with Gasteiger partial charge in [-0.2, -0.15) is 0 Å². The Bertz CT molecular complexity index is 231. The first-order chi connectivity index (χ1) is 8.09. The van der Waals surface area contributed by atoms with Crippen LogP contribution in [0.2, 0.25) is 0 Å². The Morgan fingerprint density at radius 2 is 2.06 bits per heavy atom. The second kappa shape index (κ2) is 7.67. The molecule has 0 saturated heterocycles. The van der Waals surface area contributed by atoms with Crippen LogP contribution in [0.1, 0.15) is 46.0 Å². The zero-order valence-corrected chi connectivity index (χ0v) is 11.0. The van der Waals surface area contributed by atoms with Gasteiger partial charge in [-0.15, -0.1) is 0 Å². The van der Waals surface area contributed by atoms with Gasteiger partial charge in [0, 0.05) is 25.6 Å². The number of aliphatic hydroxyl groups excluding tert-OH is 1. The molecule has 1 aliphatic carbocycles. The van der Waals surface area contributed by atoms with Crippen LogP contribution in [0, 0.1) is 5.92 Å². The maximum Gasteiger partial charge on any atom is 0.221 e. The Balaban J connectivity index is 2.08. The van der Waals surface area contributed by atoms with Gasteiger partial charge in [0.1, 0.15) is 0 Å². The number of amides is 1. The van der Waals surface area contributed by atoms with Crippen LogP contribution >= 0.6 is 0 Å². The van der Waals surface area contributed by atoms with Crippen molar-refractivity contribution in [1.82, 2.24) is 10.6 Å². The smallest absolute Gasteiger partial charge is 0.221 e. The van der Waals surface area contributed by atoms with Gasteiger partial charge in [-0.25, -0.2) is 0 Å². The van der Waals surface area contributed by atoms with Gasteiger partial charge in [-0.3, -0.25) is 4.79 Å². The third-order valence-electron chi connectivity index (χ3n) is 3.20. The van der Waals surface area contributed by atoms with E-state index in [1.165, 1.54) is 6.42 Å². The number of hydrogen-bond donors (Lipinski definition) is 3. The van der Waals surface area contributed by atoms with Gasteiger partial charge in [0.15, 0.2) is 0 Å². The Morgan fingerprint density at radius 1 is 1.35 bits per heavy atom. The summed E-state index contributed by atoms with van der Waals surface area (Å²) < 4.78 is 0. The Hall–Kier alpha value is -0.610. The molecule has 4 heteroatoms. The molecule has 0 aromatic rings. The lowest BCUT2D eigenvalue weighted by Gasteiger charge is -2.28. The first kappa shape index (κ1) is 14.5. The molecular formula is C13H26N2O2. The fraction of sp³-hybridized carbons (Fsp3) is 0.923. The van der Waals surface area contributed by atoms with Crippen LogP contribution in [0.3, 0.4) is 0 Å². The molecule has 1 aliphatic rings. The van der Waals surface area contributed by atoms with E-state index in [1.54, 1.807) is 0 Å². The van der Waals surface area contributed by atoms with Crippen LogP contribution in [-0.4, -0.2) is 36.2 Å². The lowest BCUT2D eigenvalue weighted by Crippen LogP contribution is -2.43. The molecule has 0 unspecified atom stereocenters. The Kier molecular flexibility index (Phi) is 6.52. The van der Waals surface area contributed by atoms with Crippen molar-refractivity contribution in [3.63, 3.8) is 0 Å². The summed E-state index contributed by atoms with van der Waals surface area (Å²) in [4.78, 5) is 11.5. The second-order valence-corrected chi connectivity index (χ2v) is 5.36. The van der Waals surface area contributed by atoms with Gasteiger partial charge in [0.2, 0.25) is 5.91 Å². The van der Waals surface area contributed by atoms with Gasteiger partial charge in [-0.05, 0) is 18.8 Å². The predicted molar refractivity (Wildman–Crippen MR) is 68.7 cm³/mol. The molecule has 100 valence electrons. The average Bonchev–Trinajstić information content (AvgIpc) is 2.29. The van der Waals surface area contributed by atoms with Crippen molar-refractivity contribution in [3.8, 4) is 0 Å². The van der Waals surface area contributed by atoms with Crippen LogP contribution in [0.15, 0.2) is 0 Å². The standard InChI is InChI=1S/C13H26N2O2/c1-10(2)9-15-13(17)7-8-14-11-5-3-4-6-12(11)16/h10-12,14,16H,3-9H2,1-2H3,(H,15,17)/t11-,12-/m0/s1. The molecule has 3 N–H and O–H groups in total. The lowest BCUT2D eigenvalue weighted by molar-refractivity contribution is -0.121. The van der Waals surface area contributed by atoms with E-state index in [4.69, 9.17) is 0 Å². The van der Waals surface area contributed by atoms with E-state index in [0.717, 1.165) is 25.8 Å². The number of rotatable bonds is 6. The van der Waals surface area contributed by atoms with E-state index in [1.807, 2.05) is 0 Å². The van der Waals surface area contributed by atoms with Crippen molar-refractivity contribution in [2.75, 3.05) is 13.1 Å². The normalized spacial score (nSPS) is 24.9. The van der Waals surface area contributed by atoms with Crippen molar-refractivity contribution in [1.29, 1.82) is 0 Å². The van der Waals surface area contributed by atoms with Gasteiger partial charge < -0.3 is 15.7 Å². The van der Waals surface area contributed by atoms with E-state index in [0.29, 0.717) is 18.9 Å². The van der Waals surface area contributed by atoms with Crippen LogP contribution in [0.4, 0.5) is 0 Å². The Morgan fingerprint density at radius 3 is 2.71 bits per heavy atom. The first-order valence-corrected chi connectivity index (χ1v) is 6.77. The molecule has 1 saturated carbocycles. The number of hydrogen-bond acceptors (Lipinski definition) is 3. The minimum Gasteiger partial charge on any atom is -0.392 e. The summed E-state index contributed by atoms with van der Waals surface area (Å²) in [5.41, 5.74) is 0. The second-order valence-electron chi connectivity index (χ2n) is 5.36. The molecule has 1 rings (SSSR count).